The number of hydrogen-bond donors (Lipinski definition) is 0. The Labute approximate surface area is 223 Å². The van der Waals surface area contributed by atoms with Crippen molar-refractivity contribution in [3.05, 3.63) is 85.7 Å². The van der Waals surface area contributed by atoms with Crippen LogP contribution in [0.1, 0.15) is 24.2 Å². The standard InChI is InChI=1S/C9H10BrNO2S.C7H8BrNO2S.C5H3BrFN/c1-14(12,13)9(5-6-9)7-3-2-4-8(10)11-7;1-12(10,11)5-6-3-2-4-7(8)9-6;6-4-2-1-3-5(7)8-4/h2-4H,5-6H2,1H3;2-4H,5H2,1H3;1-3H. The van der Waals surface area contributed by atoms with Crippen molar-refractivity contribution in [3.8, 4) is 0 Å². The van der Waals surface area contributed by atoms with E-state index < -0.39 is 30.4 Å². The van der Waals surface area contributed by atoms with E-state index in [1.54, 1.807) is 42.5 Å². The van der Waals surface area contributed by atoms with Gasteiger partial charge in [0.2, 0.25) is 5.95 Å². The summed E-state index contributed by atoms with van der Waals surface area (Å²) in [6.45, 7) is 0. The second-order valence-corrected chi connectivity index (χ2v) is 14.3. The van der Waals surface area contributed by atoms with Gasteiger partial charge in [-0.05, 0) is 97.0 Å². The SMILES string of the molecule is CS(=O)(=O)C1(c2cccc(Br)n2)CC1.CS(=O)(=O)Cc1cccc(Br)n1.Fc1cccc(Br)n1. The minimum absolute atomic E-state index is 0.00750. The van der Waals surface area contributed by atoms with E-state index in [0.29, 0.717) is 38.0 Å². The summed E-state index contributed by atoms with van der Waals surface area (Å²) in [6, 6.07) is 15.1. The van der Waals surface area contributed by atoms with Gasteiger partial charge in [0.05, 0.1) is 17.1 Å². The molecule has 0 atom stereocenters. The smallest absolute Gasteiger partial charge is 0.213 e. The average Bonchev–Trinajstić information content (AvgIpc) is 3.50. The maximum absolute atomic E-state index is 12.0. The molecule has 0 spiro atoms. The molecule has 7 nitrogen and oxygen atoms in total. The summed E-state index contributed by atoms with van der Waals surface area (Å²) in [6.07, 6.45) is 3.85. The third-order valence-electron chi connectivity index (χ3n) is 4.46. The van der Waals surface area contributed by atoms with Crippen LogP contribution in [0.15, 0.2) is 68.4 Å². The Balaban J connectivity index is 0.000000187. The topological polar surface area (TPSA) is 107 Å². The highest BCUT2D eigenvalue weighted by Gasteiger charge is 2.54. The van der Waals surface area contributed by atoms with E-state index >= 15 is 0 Å². The molecule has 0 radical (unpaired) electrons. The lowest BCUT2D eigenvalue weighted by molar-refractivity contribution is 0.581. The number of pyridine rings is 3. The number of aromatic nitrogens is 3. The summed E-state index contributed by atoms with van der Waals surface area (Å²) in [7, 11) is -6.02. The monoisotopic (exact) mass is 699 g/mol. The molecule has 34 heavy (non-hydrogen) atoms. The van der Waals surface area contributed by atoms with Gasteiger partial charge in [-0.3, -0.25) is 0 Å². The van der Waals surface area contributed by atoms with Gasteiger partial charge in [0, 0.05) is 12.5 Å². The van der Waals surface area contributed by atoms with E-state index in [2.05, 4.69) is 62.7 Å². The second kappa shape index (κ2) is 12.1. The molecule has 1 aliphatic rings. The van der Waals surface area contributed by atoms with Gasteiger partial charge in [0.1, 0.15) is 18.6 Å². The predicted octanol–water partition coefficient (Wildman–Crippen LogP) is 5.25. The zero-order valence-electron chi connectivity index (χ0n) is 18.1. The third-order valence-corrected chi connectivity index (χ3v) is 8.64. The zero-order valence-corrected chi connectivity index (χ0v) is 24.5. The van der Waals surface area contributed by atoms with Crippen LogP contribution in [0.5, 0.6) is 0 Å². The van der Waals surface area contributed by atoms with Crippen LogP contribution < -0.4 is 0 Å². The van der Waals surface area contributed by atoms with Crippen LogP contribution in [0.3, 0.4) is 0 Å². The van der Waals surface area contributed by atoms with Crippen molar-refractivity contribution in [3.63, 3.8) is 0 Å². The molecule has 3 heterocycles. The van der Waals surface area contributed by atoms with Crippen LogP contribution in [-0.4, -0.2) is 44.3 Å². The summed E-state index contributed by atoms with van der Waals surface area (Å²) in [5.41, 5.74) is 1.22. The Morgan fingerprint density at radius 1 is 0.794 bits per heavy atom. The van der Waals surface area contributed by atoms with Crippen molar-refractivity contribution in [2.75, 3.05) is 12.5 Å². The molecule has 0 amide bonds. The van der Waals surface area contributed by atoms with Crippen LogP contribution in [0.4, 0.5) is 4.39 Å². The largest absolute Gasteiger partial charge is 0.245 e. The van der Waals surface area contributed by atoms with Crippen molar-refractivity contribution in [2.45, 2.75) is 23.3 Å². The van der Waals surface area contributed by atoms with Crippen LogP contribution in [0, 0.1) is 5.95 Å². The molecule has 0 unspecified atom stereocenters. The molecule has 4 rings (SSSR count). The van der Waals surface area contributed by atoms with Gasteiger partial charge in [-0.25, -0.2) is 31.8 Å². The van der Waals surface area contributed by atoms with Gasteiger partial charge < -0.3 is 0 Å². The van der Waals surface area contributed by atoms with Crippen molar-refractivity contribution >= 4 is 67.5 Å². The highest BCUT2D eigenvalue weighted by atomic mass is 79.9. The summed E-state index contributed by atoms with van der Waals surface area (Å²) >= 11 is 9.42. The molecule has 3 aromatic heterocycles. The Morgan fingerprint density at radius 2 is 1.29 bits per heavy atom. The Morgan fingerprint density at radius 3 is 1.68 bits per heavy atom. The summed E-state index contributed by atoms with van der Waals surface area (Å²) in [5, 5.41) is 0. The van der Waals surface area contributed by atoms with Crippen molar-refractivity contribution in [2.24, 2.45) is 0 Å². The molecular formula is C21H21Br3FN3O4S2. The fourth-order valence-electron chi connectivity index (χ4n) is 2.78. The number of rotatable bonds is 4. The lowest BCUT2D eigenvalue weighted by Gasteiger charge is -2.12. The summed E-state index contributed by atoms with van der Waals surface area (Å²) in [4.78, 5) is 11.6. The first kappa shape index (κ1) is 29.0. The molecule has 3 aromatic rings. The van der Waals surface area contributed by atoms with E-state index in [1.165, 1.54) is 18.6 Å². The summed E-state index contributed by atoms with van der Waals surface area (Å²) in [5.74, 6) is -0.466. The van der Waals surface area contributed by atoms with Gasteiger partial charge in [0.15, 0.2) is 19.7 Å². The fraction of sp³-hybridized carbons (Fsp3) is 0.286. The molecule has 1 fully saturated rings. The third kappa shape index (κ3) is 9.40. The summed E-state index contributed by atoms with van der Waals surface area (Å²) < 4.78 is 58.1. The van der Waals surface area contributed by atoms with Crippen molar-refractivity contribution in [1.29, 1.82) is 0 Å². The normalized spacial score (nSPS) is 14.2. The first-order valence-electron chi connectivity index (χ1n) is 9.62. The molecule has 0 N–H and O–H groups in total. The van der Waals surface area contributed by atoms with E-state index in [1.807, 2.05) is 6.07 Å². The molecule has 0 aromatic carbocycles. The highest BCUT2D eigenvalue weighted by molar-refractivity contribution is 9.11. The van der Waals surface area contributed by atoms with Crippen molar-refractivity contribution < 1.29 is 21.2 Å². The maximum Gasteiger partial charge on any atom is 0.213 e. The molecule has 184 valence electrons. The highest BCUT2D eigenvalue weighted by Crippen LogP contribution is 2.51. The molecule has 0 aliphatic heterocycles. The van der Waals surface area contributed by atoms with Crippen molar-refractivity contribution in [1.82, 2.24) is 15.0 Å². The average molecular weight is 702 g/mol. The molecule has 1 aliphatic carbocycles. The van der Waals surface area contributed by atoms with Gasteiger partial charge >= 0.3 is 0 Å². The Hall–Kier alpha value is -1.28. The molecule has 0 bridgehead atoms. The van der Waals surface area contributed by atoms with E-state index in [9.17, 15) is 21.2 Å². The Bertz CT molecular complexity index is 1340. The lowest BCUT2D eigenvalue weighted by Crippen LogP contribution is -2.20. The lowest BCUT2D eigenvalue weighted by atomic mass is 10.2. The quantitative estimate of drug-likeness (QED) is 0.342. The predicted molar refractivity (Wildman–Crippen MR) is 140 cm³/mol. The number of halogens is 4. The number of sulfone groups is 2. The maximum atomic E-state index is 12.0. The van der Waals surface area contributed by atoms with Crippen LogP contribution in [-0.2, 0) is 30.2 Å². The molecule has 0 saturated heterocycles. The zero-order chi connectivity index (χ0) is 25.6. The van der Waals surface area contributed by atoms with E-state index in [-0.39, 0.29) is 5.75 Å². The Kier molecular flexibility index (Phi) is 10.3. The van der Waals surface area contributed by atoms with Gasteiger partial charge in [-0.1, -0.05) is 18.2 Å². The van der Waals surface area contributed by atoms with Gasteiger partial charge in [-0.2, -0.15) is 4.39 Å². The first-order chi connectivity index (χ1) is 15.7. The second-order valence-electron chi connectivity index (χ2n) is 7.42. The van der Waals surface area contributed by atoms with Gasteiger partial charge in [0.25, 0.3) is 0 Å². The minimum atomic E-state index is -3.04. The van der Waals surface area contributed by atoms with Crippen LogP contribution in [0.2, 0.25) is 0 Å². The minimum Gasteiger partial charge on any atom is -0.245 e. The van der Waals surface area contributed by atoms with Crippen LogP contribution >= 0.6 is 47.8 Å². The number of nitrogens with zero attached hydrogens (tertiary/aromatic N) is 3. The van der Waals surface area contributed by atoms with Crippen LogP contribution in [0.25, 0.3) is 0 Å². The fourth-order valence-corrected chi connectivity index (χ4v) is 5.86. The van der Waals surface area contributed by atoms with E-state index in [0.717, 1.165) is 0 Å². The first-order valence-corrected chi connectivity index (χ1v) is 15.9. The molecule has 1 saturated carbocycles. The molecular weight excluding hydrogens is 681 g/mol. The number of hydrogen-bond acceptors (Lipinski definition) is 7. The van der Waals surface area contributed by atoms with E-state index in [4.69, 9.17) is 0 Å². The molecule has 13 heteroatoms. The van der Waals surface area contributed by atoms with Gasteiger partial charge in [-0.15, -0.1) is 0 Å².